The van der Waals surface area contributed by atoms with Crippen molar-refractivity contribution in [3.8, 4) is 5.75 Å². The van der Waals surface area contributed by atoms with Crippen molar-refractivity contribution in [2.24, 2.45) is 0 Å². The molecule has 1 atom stereocenters. The van der Waals surface area contributed by atoms with Gasteiger partial charge in [0.2, 0.25) is 0 Å². The zero-order valence-corrected chi connectivity index (χ0v) is 10.6. The maximum atomic E-state index is 13.4. The third-order valence-electron chi connectivity index (χ3n) is 2.18. The first-order valence-electron chi connectivity index (χ1n) is 5.24. The number of hydrogen-bond acceptors (Lipinski definition) is 3. The highest BCUT2D eigenvalue weighted by Crippen LogP contribution is 2.24. The highest BCUT2D eigenvalue weighted by atomic mass is 32.2. The summed E-state index contributed by atoms with van der Waals surface area (Å²) in [6.45, 7) is 2.05. The van der Waals surface area contributed by atoms with Crippen LogP contribution in [-0.2, 0) is 4.74 Å². The van der Waals surface area contributed by atoms with Crippen LogP contribution >= 0.6 is 11.8 Å². The van der Waals surface area contributed by atoms with E-state index in [1.807, 2.05) is 13.2 Å². The smallest absolute Gasteiger partial charge is 0.199 e. The fourth-order valence-corrected chi connectivity index (χ4v) is 1.79. The van der Waals surface area contributed by atoms with E-state index in [1.165, 1.54) is 17.8 Å². The van der Waals surface area contributed by atoms with E-state index in [4.69, 9.17) is 9.47 Å². The predicted molar refractivity (Wildman–Crippen MR) is 64.5 cm³/mol. The van der Waals surface area contributed by atoms with Gasteiger partial charge in [-0.05, 0) is 18.4 Å². The van der Waals surface area contributed by atoms with Crippen LogP contribution < -0.4 is 4.74 Å². The van der Waals surface area contributed by atoms with Gasteiger partial charge in [0.25, 0.3) is 0 Å². The zero-order chi connectivity index (χ0) is 12.0. The standard InChI is InChI=1S/C12H17FO2S/c1-4-5-12(14-2)15-9-6-7-11(16-3)10(13)8-9/h6-8,12H,4-5H2,1-3H3. The second-order valence-corrected chi connectivity index (χ2v) is 4.22. The van der Waals surface area contributed by atoms with Crippen molar-refractivity contribution < 1.29 is 13.9 Å². The summed E-state index contributed by atoms with van der Waals surface area (Å²) in [4.78, 5) is 0.622. The van der Waals surface area contributed by atoms with E-state index in [2.05, 4.69) is 0 Å². The van der Waals surface area contributed by atoms with Gasteiger partial charge in [-0.1, -0.05) is 13.3 Å². The lowest BCUT2D eigenvalue weighted by atomic mass is 10.3. The molecule has 0 amide bonds. The lowest BCUT2D eigenvalue weighted by molar-refractivity contribution is -0.0585. The van der Waals surface area contributed by atoms with Crippen molar-refractivity contribution in [3.05, 3.63) is 24.0 Å². The summed E-state index contributed by atoms with van der Waals surface area (Å²) < 4.78 is 24.1. The molecule has 0 heterocycles. The van der Waals surface area contributed by atoms with Crippen LogP contribution in [0.5, 0.6) is 5.75 Å². The third-order valence-corrected chi connectivity index (χ3v) is 2.95. The Hall–Kier alpha value is -0.740. The summed E-state index contributed by atoms with van der Waals surface area (Å²) >= 11 is 1.38. The number of thioether (sulfide) groups is 1. The Morgan fingerprint density at radius 1 is 1.44 bits per heavy atom. The number of ether oxygens (including phenoxy) is 2. The maximum Gasteiger partial charge on any atom is 0.199 e. The van der Waals surface area contributed by atoms with Crippen LogP contribution in [0.2, 0.25) is 0 Å². The van der Waals surface area contributed by atoms with E-state index >= 15 is 0 Å². The van der Waals surface area contributed by atoms with Crippen molar-refractivity contribution in [3.63, 3.8) is 0 Å². The molecule has 1 aromatic rings. The highest BCUT2D eigenvalue weighted by molar-refractivity contribution is 7.98. The third kappa shape index (κ3) is 3.68. The zero-order valence-electron chi connectivity index (χ0n) is 9.83. The number of methoxy groups -OCH3 is 1. The van der Waals surface area contributed by atoms with Crippen molar-refractivity contribution in [1.29, 1.82) is 0 Å². The summed E-state index contributed by atoms with van der Waals surface area (Å²) in [6, 6.07) is 4.87. The first kappa shape index (κ1) is 13.3. The first-order chi connectivity index (χ1) is 7.71. The summed E-state index contributed by atoms with van der Waals surface area (Å²) in [5, 5.41) is 0. The van der Waals surface area contributed by atoms with Gasteiger partial charge in [0, 0.05) is 24.5 Å². The average molecular weight is 244 g/mol. The molecule has 0 aromatic heterocycles. The van der Waals surface area contributed by atoms with Gasteiger partial charge < -0.3 is 9.47 Å². The maximum absolute atomic E-state index is 13.4. The average Bonchev–Trinajstić information content (AvgIpc) is 2.28. The van der Waals surface area contributed by atoms with Gasteiger partial charge in [-0.2, -0.15) is 0 Å². The molecule has 1 rings (SSSR count). The van der Waals surface area contributed by atoms with Crippen LogP contribution in [-0.4, -0.2) is 19.7 Å². The molecular weight excluding hydrogens is 227 g/mol. The first-order valence-corrected chi connectivity index (χ1v) is 6.46. The molecule has 0 N–H and O–H groups in total. The van der Waals surface area contributed by atoms with Crippen molar-refractivity contribution >= 4 is 11.8 Å². The van der Waals surface area contributed by atoms with E-state index in [0.29, 0.717) is 10.6 Å². The van der Waals surface area contributed by atoms with E-state index in [0.717, 1.165) is 12.8 Å². The van der Waals surface area contributed by atoms with Crippen LogP contribution in [0.15, 0.2) is 23.1 Å². The molecule has 0 radical (unpaired) electrons. The lowest BCUT2D eigenvalue weighted by Crippen LogP contribution is -2.18. The van der Waals surface area contributed by atoms with Crippen LogP contribution in [0.1, 0.15) is 19.8 Å². The van der Waals surface area contributed by atoms with Gasteiger partial charge in [0.15, 0.2) is 6.29 Å². The minimum absolute atomic E-state index is 0.253. The molecule has 0 fully saturated rings. The molecule has 90 valence electrons. The molecule has 1 unspecified atom stereocenters. The molecule has 0 aliphatic heterocycles. The Balaban J connectivity index is 2.69. The molecule has 0 aliphatic carbocycles. The van der Waals surface area contributed by atoms with E-state index < -0.39 is 0 Å². The molecule has 0 aliphatic rings. The van der Waals surface area contributed by atoms with Crippen LogP contribution in [0, 0.1) is 5.82 Å². The fraction of sp³-hybridized carbons (Fsp3) is 0.500. The molecule has 0 saturated heterocycles. The minimum atomic E-state index is -0.301. The van der Waals surface area contributed by atoms with Gasteiger partial charge in [-0.15, -0.1) is 11.8 Å². The monoisotopic (exact) mass is 244 g/mol. The Morgan fingerprint density at radius 2 is 2.19 bits per heavy atom. The van der Waals surface area contributed by atoms with Crippen LogP contribution in [0.4, 0.5) is 4.39 Å². The molecular formula is C12H17FO2S. The Bertz CT molecular complexity index is 331. The Labute approximate surface area is 100 Å². The van der Waals surface area contributed by atoms with Gasteiger partial charge in [-0.25, -0.2) is 4.39 Å². The molecule has 4 heteroatoms. The topological polar surface area (TPSA) is 18.5 Å². The lowest BCUT2D eigenvalue weighted by Gasteiger charge is -2.16. The number of halogens is 1. The van der Waals surface area contributed by atoms with Gasteiger partial charge in [0.1, 0.15) is 11.6 Å². The van der Waals surface area contributed by atoms with Crippen molar-refractivity contribution in [2.75, 3.05) is 13.4 Å². The molecule has 0 bridgehead atoms. The normalized spacial score (nSPS) is 12.5. The highest BCUT2D eigenvalue weighted by Gasteiger charge is 2.09. The largest absolute Gasteiger partial charge is 0.465 e. The van der Waals surface area contributed by atoms with Gasteiger partial charge >= 0.3 is 0 Å². The summed E-state index contributed by atoms with van der Waals surface area (Å²) in [6.07, 6.45) is 3.30. The van der Waals surface area contributed by atoms with Crippen molar-refractivity contribution in [2.45, 2.75) is 31.0 Å². The minimum Gasteiger partial charge on any atom is -0.465 e. The van der Waals surface area contributed by atoms with Gasteiger partial charge in [-0.3, -0.25) is 0 Å². The van der Waals surface area contributed by atoms with Gasteiger partial charge in [0.05, 0.1) is 0 Å². The fourth-order valence-electron chi connectivity index (χ4n) is 1.33. The summed E-state index contributed by atoms with van der Waals surface area (Å²) in [5.74, 6) is 0.256. The second-order valence-electron chi connectivity index (χ2n) is 3.37. The number of hydrogen-bond donors (Lipinski definition) is 0. The SMILES string of the molecule is CCCC(OC)Oc1ccc(SC)c(F)c1. The van der Waals surface area contributed by atoms with E-state index in [1.54, 1.807) is 19.2 Å². The molecule has 2 nitrogen and oxygen atoms in total. The predicted octanol–water partition coefficient (Wildman–Crippen LogP) is 3.70. The van der Waals surface area contributed by atoms with E-state index in [-0.39, 0.29) is 12.1 Å². The molecule has 0 saturated carbocycles. The summed E-state index contributed by atoms with van der Waals surface area (Å²) in [7, 11) is 1.59. The van der Waals surface area contributed by atoms with Crippen molar-refractivity contribution in [1.82, 2.24) is 0 Å². The summed E-state index contributed by atoms with van der Waals surface area (Å²) in [5.41, 5.74) is 0. The molecule has 1 aromatic carbocycles. The van der Waals surface area contributed by atoms with E-state index in [9.17, 15) is 4.39 Å². The Morgan fingerprint density at radius 3 is 2.69 bits per heavy atom. The number of benzene rings is 1. The quantitative estimate of drug-likeness (QED) is 0.561. The number of rotatable bonds is 6. The van der Waals surface area contributed by atoms with Crippen LogP contribution in [0.3, 0.4) is 0 Å². The van der Waals surface area contributed by atoms with Crippen LogP contribution in [0.25, 0.3) is 0 Å². The molecule has 0 spiro atoms. The molecule has 16 heavy (non-hydrogen) atoms. The second kappa shape index (κ2) is 6.76. The Kier molecular flexibility index (Phi) is 5.63.